The third-order valence-corrected chi connectivity index (χ3v) is 3.63. The fraction of sp³-hybridized carbons (Fsp3) is 0.400. The number of benzene rings is 1. The van der Waals surface area contributed by atoms with Crippen LogP contribution in [-0.2, 0) is 11.3 Å². The Morgan fingerprint density at radius 3 is 2.90 bits per heavy atom. The number of aryl methyl sites for hydroxylation is 1. The molecule has 1 aliphatic heterocycles. The summed E-state index contributed by atoms with van der Waals surface area (Å²) in [7, 11) is 0. The van der Waals surface area contributed by atoms with Crippen LogP contribution in [0.4, 0.5) is 4.79 Å². The van der Waals surface area contributed by atoms with E-state index in [4.69, 9.17) is 4.74 Å². The van der Waals surface area contributed by atoms with Crippen LogP contribution in [-0.4, -0.2) is 39.1 Å². The highest BCUT2D eigenvalue weighted by molar-refractivity contribution is 5.68. The van der Waals surface area contributed by atoms with Gasteiger partial charge >= 0.3 is 6.09 Å². The number of rotatable bonds is 3. The molecule has 6 nitrogen and oxygen atoms in total. The minimum Gasteiger partial charge on any atom is -0.445 e. The molecular formula is C15H18N4O2. The summed E-state index contributed by atoms with van der Waals surface area (Å²) in [6.45, 7) is 3.53. The van der Waals surface area contributed by atoms with Gasteiger partial charge in [-0.25, -0.2) is 9.48 Å². The molecular weight excluding hydrogens is 268 g/mol. The molecule has 0 aliphatic carbocycles. The van der Waals surface area contributed by atoms with E-state index in [1.54, 1.807) is 4.90 Å². The van der Waals surface area contributed by atoms with Crippen LogP contribution in [0.5, 0.6) is 0 Å². The zero-order valence-corrected chi connectivity index (χ0v) is 12.0. The molecule has 0 unspecified atom stereocenters. The Labute approximate surface area is 123 Å². The molecule has 3 rings (SSSR count). The lowest BCUT2D eigenvalue weighted by molar-refractivity contribution is 0.103. The van der Waals surface area contributed by atoms with Crippen molar-refractivity contribution in [3.8, 4) is 0 Å². The summed E-state index contributed by atoms with van der Waals surface area (Å²) < 4.78 is 7.18. The highest BCUT2D eigenvalue weighted by Gasteiger charge is 2.29. The average Bonchev–Trinajstić information content (AvgIpc) is 3.14. The average molecular weight is 286 g/mol. The van der Waals surface area contributed by atoms with Crippen LogP contribution in [0, 0.1) is 6.92 Å². The van der Waals surface area contributed by atoms with Crippen LogP contribution in [0.3, 0.4) is 0 Å². The van der Waals surface area contributed by atoms with E-state index in [1.807, 2.05) is 48.1 Å². The molecule has 1 aromatic carbocycles. The molecule has 1 atom stereocenters. The summed E-state index contributed by atoms with van der Waals surface area (Å²) in [4.78, 5) is 13.8. The predicted octanol–water partition coefficient (Wildman–Crippen LogP) is 2.17. The van der Waals surface area contributed by atoms with Crippen molar-refractivity contribution in [3.05, 3.63) is 47.8 Å². The summed E-state index contributed by atoms with van der Waals surface area (Å²) >= 11 is 0. The first kappa shape index (κ1) is 13.6. The molecule has 1 aliphatic rings. The molecule has 110 valence electrons. The molecule has 1 amide bonds. The first-order valence-corrected chi connectivity index (χ1v) is 7.06. The molecule has 2 heterocycles. The number of ether oxygens (including phenoxy) is 1. The van der Waals surface area contributed by atoms with Crippen molar-refractivity contribution < 1.29 is 9.53 Å². The highest BCUT2D eigenvalue weighted by atomic mass is 16.6. The van der Waals surface area contributed by atoms with Crippen molar-refractivity contribution in [2.24, 2.45) is 0 Å². The quantitative estimate of drug-likeness (QED) is 0.867. The lowest BCUT2D eigenvalue weighted by atomic mass is 10.2. The van der Waals surface area contributed by atoms with Crippen molar-refractivity contribution in [1.29, 1.82) is 0 Å². The Bertz CT molecular complexity index is 611. The van der Waals surface area contributed by atoms with E-state index in [2.05, 4.69) is 10.3 Å². The van der Waals surface area contributed by atoms with E-state index in [9.17, 15) is 4.79 Å². The number of aromatic nitrogens is 3. The lowest BCUT2D eigenvalue weighted by Gasteiger charge is -2.16. The summed E-state index contributed by atoms with van der Waals surface area (Å²) in [5, 5.41) is 8.06. The van der Waals surface area contributed by atoms with Gasteiger partial charge < -0.3 is 9.64 Å². The molecule has 0 N–H and O–H groups in total. The van der Waals surface area contributed by atoms with Gasteiger partial charge in [-0.05, 0) is 18.9 Å². The Hall–Kier alpha value is -2.37. The zero-order valence-electron chi connectivity index (χ0n) is 12.0. The van der Waals surface area contributed by atoms with Crippen LogP contribution >= 0.6 is 0 Å². The Balaban J connectivity index is 1.52. The number of hydrogen-bond acceptors (Lipinski definition) is 4. The van der Waals surface area contributed by atoms with Gasteiger partial charge in [0.2, 0.25) is 0 Å². The largest absolute Gasteiger partial charge is 0.445 e. The topological polar surface area (TPSA) is 60.2 Å². The lowest BCUT2D eigenvalue weighted by Crippen LogP contribution is -2.29. The fourth-order valence-corrected chi connectivity index (χ4v) is 2.48. The molecule has 1 saturated heterocycles. The maximum Gasteiger partial charge on any atom is 0.410 e. The molecule has 0 saturated carbocycles. The molecule has 0 spiro atoms. The maximum absolute atomic E-state index is 12.1. The van der Waals surface area contributed by atoms with Crippen LogP contribution in [0.25, 0.3) is 0 Å². The van der Waals surface area contributed by atoms with E-state index < -0.39 is 0 Å². The number of nitrogens with zero attached hydrogens (tertiary/aromatic N) is 4. The first-order chi connectivity index (χ1) is 10.2. The van der Waals surface area contributed by atoms with Crippen molar-refractivity contribution in [1.82, 2.24) is 19.9 Å². The third-order valence-electron chi connectivity index (χ3n) is 3.63. The summed E-state index contributed by atoms with van der Waals surface area (Å²) in [6.07, 6.45) is 2.52. The zero-order chi connectivity index (χ0) is 14.7. The molecule has 6 heteroatoms. The van der Waals surface area contributed by atoms with Crippen molar-refractivity contribution in [2.45, 2.75) is 26.0 Å². The van der Waals surface area contributed by atoms with Gasteiger partial charge in [-0.15, -0.1) is 5.10 Å². The predicted molar refractivity (Wildman–Crippen MR) is 76.6 cm³/mol. The number of carbonyl (C=O) groups is 1. The summed E-state index contributed by atoms with van der Waals surface area (Å²) in [5.41, 5.74) is 1.88. The van der Waals surface area contributed by atoms with Gasteiger partial charge in [0.1, 0.15) is 6.61 Å². The normalized spacial score (nSPS) is 18.0. The highest BCUT2D eigenvalue weighted by Crippen LogP contribution is 2.21. The van der Waals surface area contributed by atoms with Gasteiger partial charge in [-0.3, -0.25) is 0 Å². The van der Waals surface area contributed by atoms with Crippen LogP contribution < -0.4 is 0 Å². The van der Waals surface area contributed by atoms with Crippen molar-refractivity contribution >= 4 is 6.09 Å². The van der Waals surface area contributed by atoms with Gasteiger partial charge in [0.05, 0.1) is 11.7 Å². The monoisotopic (exact) mass is 286 g/mol. The van der Waals surface area contributed by atoms with Crippen molar-refractivity contribution in [3.63, 3.8) is 0 Å². The Morgan fingerprint density at radius 1 is 1.38 bits per heavy atom. The fourth-order valence-electron chi connectivity index (χ4n) is 2.48. The van der Waals surface area contributed by atoms with Crippen LogP contribution in [0.1, 0.15) is 23.7 Å². The second-order valence-electron chi connectivity index (χ2n) is 5.27. The molecule has 0 radical (unpaired) electrons. The van der Waals surface area contributed by atoms with E-state index >= 15 is 0 Å². The van der Waals surface area contributed by atoms with Crippen LogP contribution in [0.2, 0.25) is 0 Å². The molecule has 1 aromatic heterocycles. The molecule has 0 bridgehead atoms. The Morgan fingerprint density at radius 2 is 2.19 bits per heavy atom. The van der Waals surface area contributed by atoms with Gasteiger partial charge in [-0.2, -0.15) is 0 Å². The number of carbonyl (C=O) groups excluding carboxylic acids is 1. The van der Waals surface area contributed by atoms with E-state index in [0.29, 0.717) is 19.7 Å². The van der Waals surface area contributed by atoms with Gasteiger partial charge in [-0.1, -0.05) is 35.5 Å². The standard InChI is InChI=1S/C15H18N4O2/c1-12-9-19(17-16-12)14-7-8-18(10-14)15(20)21-11-13-5-3-2-4-6-13/h2-6,9,14H,7-8,10-11H2,1H3/t14-/m1/s1. The summed E-state index contributed by atoms with van der Waals surface area (Å²) in [6, 6.07) is 9.88. The molecule has 21 heavy (non-hydrogen) atoms. The van der Waals surface area contributed by atoms with Crippen LogP contribution in [0.15, 0.2) is 36.5 Å². The number of amides is 1. The smallest absolute Gasteiger partial charge is 0.410 e. The third kappa shape index (κ3) is 3.21. The maximum atomic E-state index is 12.1. The van der Waals surface area contributed by atoms with Gasteiger partial charge in [0.25, 0.3) is 0 Å². The minimum absolute atomic E-state index is 0.190. The van der Waals surface area contributed by atoms with Gasteiger partial charge in [0.15, 0.2) is 0 Å². The number of likely N-dealkylation sites (tertiary alicyclic amines) is 1. The summed E-state index contributed by atoms with van der Waals surface area (Å²) in [5.74, 6) is 0. The minimum atomic E-state index is -0.266. The second-order valence-corrected chi connectivity index (χ2v) is 5.27. The molecule has 2 aromatic rings. The van der Waals surface area contributed by atoms with E-state index in [-0.39, 0.29) is 12.1 Å². The Kier molecular flexibility index (Phi) is 3.85. The van der Waals surface area contributed by atoms with Gasteiger partial charge in [0, 0.05) is 19.3 Å². The SMILES string of the molecule is Cc1cn([C@@H]2CCN(C(=O)OCc3ccccc3)C2)nn1. The van der Waals surface area contributed by atoms with E-state index in [0.717, 1.165) is 17.7 Å². The van der Waals surface area contributed by atoms with E-state index in [1.165, 1.54) is 0 Å². The molecule has 1 fully saturated rings. The number of hydrogen-bond donors (Lipinski definition) is 0. The first-order valence-electron chi connectivity index (χ1n) is 7.06. The van der Waals surface area contributed by atoms with Crippen molar-refractivity contribution in [2.75, 3.05) is 13.1 Å². The second kappa shape index (κ2) is 5.95.